The average Bonchev–Trinajstić information content (AvgIpc) is 2.67. The number of hydrogen-bond acceptors (Lipinski definition) is 2. The van der Waals surface area contributed by atoms with Crippen molar-refractivity contribution in [1.29, 1.82) is 5.26 Å². The Morgan fingerprint density at radius 2 is 1.71 bits per heavy atom. The zero-order chi connectivity index (χ0) is 20.1. The van der Waals surface area contributed by atoms with Crippen molar-refractivity contribution in [2.45, 2.75) is 6.61 Å². The van der Waals surface area contributed by atoms with Crippen LogP contribution >= 0.6 is 55.1 Å². The van der Waals surface area contributed by atoms with E-state index in [-0.39, 0.29) is 0 Å². The van der Waals surface area contributed by atoms with Crippen LogP contribution in [-0.4, -0.2) is 0 Å². The summed E-state index contributed by atoms with van der Waals surface area (Å²) in [6.07, 6.45) is 1.75. The number of allylic oxidation sites excluding steroid dienone is 1. The summed E-state index contributed by atoms with van der Waals surface area (Å²) in [5.41, 5.74) is 2.93. The van der Waals surface area contributed by atoms with Crippen LogP contribution < -0.4 is 4.74 Å². The van der Waals surface area contributed by atoms with Gasteiger partial charge in [0.1, 0.15) is 6.61 Å². The quantitative estimate of drug-likeness (QED) is 0.243. The third-order valence-corrected chi connectivity index (χ3v) is 5.64. The number of nitrogens with zero attached hydrogens (tertiary/aromatic N) is 1. The van der Waals surface area contributed by atoms with Gasteiger partial charge in [-0.3, -0.25) is 0 Å². The van der Waals surface area contributed by atoms with Crippen molar-refractivity contribution in [2.24, 2.45) is 0 Å². The zero-order valence-corrected chi connectivity index (χ0v) is 19.1. The summed E-state index contributed by atoms with van der Waals surface area (Å²) >= 11 is 19.6. The molecule has 0 aliphatic heterocycles. The van der Waals surface area contributed by atoms with E-state index in [4.69, 9.17) is 27.9 Å². The number of hydrogen-bond donors (Lipinski definition) is 0. The molecule has 2 nitrogen and oxygen atoms in total. The molecule has 3 aromatic rings. The summed E-state index contributed by atoms with van der Waals surface area (Å²) in [5.74, 6) is 0.554. The lowest BCUT2D eigenvalue weighted by molar-refractivity contribution is 0.304. The highest BCUT2D eigenvalue weighted by Gasteiger charge is 2.11. The fourth-order valence-electron chi connectivity index (χ4n) is 2.55. The van der Waals surface area contributed by atoms with Crippen molar-refractivity contribution in [2.75, 3.05) is 0 Å². The van der Waals surface area contributed by atoms with Crippen molar-refractivity contribution >= 4 is 66.7 Å². The minimum atomic E-state index is 0.393. The third kappa shape index (κ3) is 5.18. The first-order chi connectivity index (χ1) is 13.5. The third-order valence-electron chi connectivity index (χ3n) is 3.91. The summed E-state index contributed by atoms with van der Waals surface area (Å²) in [6.45, 7) is 0.393. The van der Waals surface area contributed by atoms with Gasteiger partial charge in [-0.2, -0.15) is 5.26 Å². The van der Waals surface area contributed by atoms with Gasteiger partial charge in [-0.15, -0.1) is 0 Å². The zero-order valence-electron chi connectivity index (χ0n) is 14.4. The van der Waals surface area contributed by atoms with E-state index < -0.39 is 0 Å². The van der Waals surface area contributed by atoms with Crippen LogP contribution in [0.25, 0.3) is 11.6 Å². The lowest BCUT2D eigenvalue weighted by Crippen LogP contribution is -1.97. The van der Waals surface area contributed by atoms with Gasteiger partial charge in [0.05, 0.1) is 21.1 Å². The molecule has 0 atom stereocenters. The summed E-state index contributed by atoms with van der Waals surface area (Å²) in [6, 6.07) is 20.9. The number of benzene rings is 3. The predicted molar refractivity (Wildman–Crippen MR) is 123 cm³/mol. The van der Waals surface area contributed by atoms with Crippen LogP contribution in [0.15, 0.2) is 69.6 Å². The minimum Gasteiger partial charge on any atom is -0.486 e. The smallest absolute Gasteiger partial charge is 0.152 e. The first-order valence-corrected chi connectivity index (χ1v) is 10.5. The van der Waals surface area contributed by atoms with Gasteiger partial charge in [0.2, 0.25) is 0 Å². The van der Waals surface area contributed by atoms with Gasteiger partial charge in [0, 0.05) is 15.1 Å². The van der Waals surface area contributed by atoms with E-state index in [0.717, 1.165) is 15.6 Å². The maximum Gasteiger partial charge on any atom is 0.152 e. The Morgan fingerprint density at radius 1 is 1.00 bits per heavy atom. The Labute approximate surface area is 190 Å². The Bertz CT molecular complexity index is 1050. The molecule has 0 heterocycles. The highest BCUT2D eigenvalue weighted by molar-refractivity contribution is 9.10. The highest BCUT2D eigenvalue weighted by Crippen LogP contribution is 2.36. The molecule has 0 bridgehead atoms. The van der Waals surface area contributed by atoms with Crippen LogP contribution in [-0.2, 0) is 6.61 Å². The summed E-state index contributed by atoms with van der Waals surface area (Å²) in [5, 5.41) is 10.5. The largest absolute Gasteiger partial charge is 0.486 e. The first kappa shape index (κ1) is 21.0. The number of nitriles is 1. The first-order valence-electron chi connectivity index (χ1n) is 8.21. The van der Waals surface area contributed by atoms with Crippen molar-refractivity contribution in [1.82, 2.24) is 0 Å². The molecule has 0 radical (unpaired) electrons. The average molecular weight is 538 g/mol. The molecule has 3 aromatic carbocycles. The second-order valence-electron chi connectivity index (χ2n) is 5.88. The molecule has 0 saturated heterocycles. The molecule has 28 heavy (non-hydrogen) atoms. The molecular weight excluding hydrogens is 525 g/mol. The second-order valence-corrected chi connectivity index (χ2v) is 8.46. The van der Waals surface area contributed by atoms with E-state index in [0.29, 0.717) is 38.0 Å². The van der Waals surface area contributed by atoms with Gasteiger partial charge in [0.25, 0.3) is 0 Å². The second kappa shape index (κ2) is 9.62. The molecule has 140 valence electrons. The molecule has 0 amide bonds. The van der Waals surface area contributed by atoms with Gasteiger partial charge < -0.3 is 4.74 Å². The van der Waals surface area contributed by atoms with Crippen LogP contribution in [0.5, 0.6) is 5.75 Å². The van der Waals surface area contributed by atoms with Crippen LogP contribution in [0, 0.1) is 11.3 Å². The Kier molecular flexibility index (Phi) is 7.20. The SMILES string of the molecule is N#CC(=Cc1cc(Cl)c(OCc2ccc(Br)cc2)c(Br)c1)c1ccccc1Cl. The lowest BCUT2D eigenvalue weighted by atomic mass is 10.0. The van der Waals surface area contributed by atoms with Crippen LogP contribution in [0.4, 0.5) is 0 Å². The van der Waals surface area contributed by atoms with E-state index in [1.807, 2.05) is 48.5 Å². The molecular formula is C22H13Br2Cl2NO. The number of halogens is 4. The number of rotatable bonds is 5. The van der Waals surface area contributed by atoms with Gasteiger partial charge in [-0.05, 0) is 63.5 Å². The van der Waals surface area contributed by atoms with E-state index in [1.165, 1.54) is 0 Å². The van der Waals surface area contributed by atoms with E-state index >= 15 is 0 Å². The highest BCUT2D eigenvalue weighted by atomic mass is 79.9. The van der Waals surface area contributed by atoms with E-state index in [1.54, 1.807) is 18.2 Å². The molecule has 6 heteroatoms. The van der Waals surface area contributed by atoms with Gasteiger partial charge in [-0.25, -0.2) is 0 Å². The molecule has 0 aliphatic rings. The Balaban J connectivity index is 1.86. The monoisotopic (exact) mass is 535 g/mol. The molecule has 0 aliphatic carbocycles. The Morgan fingerprint density at radius 3 is 2.36 bits per heavy atom. The molecule has 0 fully saturated rings. The topological polar surface area (TPSA) is 33.0 Å². The summed E-state index contributed by atoms with van der Waals surface area (Å²) < 4.78 is 7.60. The predicted octanol–water partition coefficient (Wildman–Crippen LogP) is 8.16. The van der Waals surface area contributed by atoms with E-state index in [2.05, 4.69) is 37.9 Å². The molecule has 3 rings (SSSR count). The summed E-state index contributed by atoms with van der Waals surface area (Å²) in [7, 11) is 0. The van der Waals surface area contributed by atoms with Gasteiger partial charge >= 0.3 is 0 Å². The van der Waals surface area contributed by atoms with E-state index in [9.17, 15) is 5.26 Å². The standard InChI is InChI=1S/C22H13Br2Cl2NO/c23-17-7-5-14(6-8-17)13-28-22-19(24)10-15(11-21(22)26)9-16(12-27)18-3-1-2-4-20(18)25/h1-11H,13H2. The van der Waals surface area contributed by atoms with Crippen LogP contribution in [0.3, 0.4) is 0 Å². The van der Waals surface area contributed by atoms with Gasteiger partial charge in [-0.1, -0.05) is 69.5 Å². The molecule has 0 spiro atoms. The Hall–Kier alpha value is -1.77. The molecule has 0 saturated carbocycles. The van der Waals surface area contributed by atoms with Crippen molar-refractivity contribution in [3.63, 3.8) is 0 Å². The number of ether oxygens (including phenoxy) is 1. The van der Waals surface area contributed by atoms with Crippen LogP contribution in [0.2, 0.25) is 10.0 Å². The van der Waals surface area contributed by atoms with Crippen molar-refractivity contribution < 1.29 is 4.74 Å². The van der Waals surface area contributed by atoms with Gasteiger partial charge in [0.15, 0.2) is 5.75 Å². The van der Waals surface area contributed by atoms with Crippen molar-refractivity contribution in [3.8, 4) is 11.8 Å². The molecule has 0 unspecified atom stereocenters. The maximum absolute atomic E-state index is 9.54. The minimum absolute atomic E-state index is 0.393. The molecule has 0 aromatic heterocycles. The fourth-order valence-corrected chi connectivity index (χ4v) is 4.04. The summed E-state index contributed by atoms with van der Waals surface area (Å²) in [4.78, 5) is 0. The lowest BCUT2D eigenvalue weighted by Gasteiger charge is -2.12. The normalized spacial score (nSPS) is 11.2. The maximum atomic E-state index is 9.54. The van der Waals surface area contributed by atoms with Crippen LogP contribution in [0.1, 0.15) is 16.7 Å². The van der Waals surface area contributed by atoms with Crippen molar-refractivity contribution in [3.05, 3.63) is 96.3 Å². The fraction of sp³-hybridized carbons (Fsp3) is 0.0455. The molecule has 0 N–H and O–H groups in total.